The van der Waals surface area contributed by atoms with Crippen molar-refractivity contribution in [2.75, 3.05) is 7.05 Å². The second-order valence-electron chi connectivity index (χ2n) is 4.36. The van der Waals surface area contributed by atoms with E-state index in [1.807, 2.05) is 6.07 Å². The Kier molecular flexibility index (Phi) is 5.45. The van der Waals surface area contributed by atoms with Gasteiger partial charge in [0.05, 0.1) is 10.4 Å². The number of hydrogen-bond acceptors (Lipinski definition) is 4. The molecule has 0 atom stereocenters. The van der Waals surface area contributed by atoms with Crippen LogP contribution in [-0.2, 0) is 23.2 Å². The lowest BCUT2D eigenvalue weighted by Gasteiger charge is -2.17. The summed E-state index contributed by atoms with van der Waals surface area (Å²) in [5.41, 5.74) is 0.735. The summed E-state index contributed by atoms with van der Waals surface area (Å²) in [5, 5.41) is 9.64. The Morgan fingerprint density at radius 1 is 1.38 bits per heavy atom. The van der Waals surface area contributed by atoms with Gasteiger partial charge in [-0.25, -0.2) is 8.42 Å². The molecule has 0 spiro atoms. The van der Waals surface area contributed by atoms with E-state index < -0.39 is 10.0 Å². The quantitative estimate of drug-likeness (QED) is 0.821. The standard InChI is InChI=1S/C13H13BrClNO3S2/c1-16(7-9-4-2-3-5-11(9)15)21(18,19)12-6-10(8-17)20-13(12)14/h2-6,17H,7-8H2,1H3. The number of nitrogens with zero attached hydrogens (tertiary/aromatic N) is 1. The van der Waals surface area contributed by atoms with E-state index in [1.165, 1.54) is 28.8 Å². The summed E-state index contributed by atoms with van der Waals surface area (Å²) < 4.78 is 26.9. The van der Waals surface area contributed by atoms with Gasteiger partial charge in [0.1, 0.15) is 4.90 Å². The van der Waals surface area contributed by atoms with E-state index in [1.54, 1.807) is 18.2 Å². The molecule has 114 valence electrons. The molecule has 0 aliphatic carbocycles. The van der Waals surface area contributed by atoms with E-state index in [9.17, 15) is 8.42 Å². The number of sulfonamides is 1. The normalized spacial score (nSPS) is 12.0. The molecule has 0 saturated carbocycles. The predicted molar refractivity (Wildman–Crippen MR) is 88.0 cm³/mol. The van der Waals surface area contributed by atoms with Gasteiger partial charge in [-0.2, -0.15) is 4.31 Å². The van der Waals surface area contributed by atoms with Crippen molar-refractivity contribution < 1.29 is 13.5 Å². The van der Waals surface area contributed by atoms with Crippen LogP contribution in [0.5, 0.6) is 0 Å². The molecular weight excluding hydrogens is 398 g/mol. The first-order valence-electron chi connectivity index (χ1n) is 5.95. The minimum absolute atomic E-state index is 0.158. The molecule has 0 fully saturated rings. The molecule has 0 unspecified atom stereocenters. The molecule has 0 aliphatic rings. The summed E-state index contributed by atoms with van der Waals surface area (Å²) >= 11 is 10.5. The highest BCUT2D eigenvalue weighted by Crippen LogP contribution is 2.33. The number of aliphatic hydroxyl groups is 1. The lowest BCUT2D eigenvalue weighted by Crippen LogP contribution is -2.26. The van der Waals surface area contributed by atoms with Crippen molar-refractivity contribution in [1.82, 2.24) is 4.31 Å². The summed E-state index contributed by atoms with van der Waals surface area (Å²) in [4.78, 5) is 0.748. The van der Waals surface area contributed by atoms with Crippen LogP contribution in [-0.4, -0.2) is 24.9 Å². The van der Waals surface area contributed by atoms with Gasteiger partial charge < -0.3 is 5.11 Å². The fraction of sp³-hybridized carbons (Fsp3) is 0.231. The molecule has 2 rings (SSSR count). The molecule has 1 aromatic carbocycles. The van der Waals surface area contributed by atoms with Crippen LogP contribution in [0.3, 0.4) is 0 Å². The SMILES string of the molecule is CN(Cc1ccccc1Cl)S(=O)(=O)c1cc(CO)sc1Br. The summed E-state index contributed by atoms with van der Waals surface area (Å²) in [6.07, 6.45) is 0. The largest absolute Gasteiger partial charge is 0.391 e. The molecule has 0 aliphatic heterocycles. The second kappa shape index (κ2) is 6.76. The lowest BCUT2D eigenvalue weighted by molar-refractivity contribution is 0.285. The Labute approximate surface area is 141 Å². The van der Waals surface area contributed by atoms with Gasteiger partial charge in [-0.15, -0.1) is 11.3 Å². The Bertz CT molecular complexity index is 746. The van der Waals surface area contributed by atoms with E-state index >= 15 is 0 Å². The average Bonchev–Trinajstić information content (AvgIpc) is 2.83. The smallest absolute Gasteiger partial charge is 0.245 e. The highest BCUT2D eigenvalue weighted by atomic mass is 79.9. The van der Waals surface area contributed by atoms with Crippen LogP contribution < -0.4 is 0 Å². The minimum atomic E-state index is -3.65. The van der Waals surface area contributed by atoms with Gasteiger partial charge in [-0.05, 0) is 33.6 Å². The van der Waals surface area contributed by atoms with E-state index in [0.717, 1.165) is 5.56 Å². The third-order valence-electron chi connectivity index (χ3n) is 2.90. The third kappa shape index (κ3) is 3.67. The zero-order valence-electron chi connectivity index (χ0n) is 11.1. The van der Waals surface area contributed by atoms with Gasteiger partial charge in [-0.3, -0.25) is 0 Å². The van der Waals surface area contributed by atoms with Crippen molar-refractivity contribution in [3.63, 3.8) is 0 Å². The molecule has 1 N–H and O–H groups in total. The van der Waals surface area contributed by atoms with Crippen LogP contribution in [0.2, 0.25) is 5.02 Å². The minimum Gasteiger partial charge on any atom is -0.391 e. The van der Waals surface area contributed by atoms with E-state index in [2.05, 4.69) is 15.9 Å². The van der Waals surface area contributed by atoms with Crippen molar-refractivity contribution >= 4 is 48.9 Å². The van der Waals surface area contributed by atoms with Crippen LogP contribution in [0.15, 0.2) is 39.0 Å². The number of thiophene rings is 1. The molecule has 8 heteroatoms. The first-order valence-corrected chi connectivity index (χ1v) is 9.38. The fourth-order valence-electron chi connectivity index (χ4n) is 1.77. The second-order valence-corrected chi connectivity index (χ2v) is 9.24. The highest BCUT2D eigenvalue weighted by molar-refractivity contribution is 9.11. The zero-order chi connectivity index (χ0) is 15.6. The molecular formula is C13H13BrClNO3S2. The average molecular weight is 411 g/mol. The molecule has 0 amide bonds. The van der Waals surface area contributed by atoms with Crippen LogP contribution in [0.4, 0.5) is 0 Å². The fourth-order valence-corrected chi connectivity index (χ4v) is 5.60. The van der Waals surface area contributed by atoms with Gasteiger partial charge in [-0.1, -0.05) is 29.8 Å². The van der Waals surface area contributed by atoms with Crippen LogP contribution in [0, 0.1) is 0 Å². The Balaban J connectivity index is 2.30. The highest BCUT2D eigenvalue weighted by Gasteiger charge is 2.26. The molecule has 0 saturated heterocycles. The van der Waals surface area contributed by atoms with Crippen molar-refractivity contribution in [1.29, 1.82) is 0 Å². The predicted octanol–water partition coefficient (Wildman–Crippen LogP) is 3.48. The Morgan fingerprint density at radius 2 is 2.05 bits per heavy atom. The van der Waals surface area contributed by atoms with E-state index in [4.69, 9.17) is 16.7 Å². The third-order valence-corrected chi connectivity index (χ3v) is 7.31. The molecule has 0 radical (unpaired) electrons. The monoisotopic (exact) mass is 409 g/mol. The number of aliphatic hydroxyl groups excluding tert-OH is 1. The number of halogens is 2. The maximum absolute atomic E-state index is 12.6. The van der Waals surface area contributed by atoms with E-state index in [0.29, 0.717) is 13.7 Å². The number of benzene rings is 1. The summed E-state index contributed by atoms with van der Waals surface area (Å²) in [5.74, 6) is 0. The maximum Gasteiger partial charge on any atom is 0.245 e. The van der Waals surface area contributed by atoms with Gasteiger partial charge in [0.25, 0.3) is 0 Å². The first-order chi connectivity index (χ1) is 9.86. The number of rotatable bonds is 5. The molecule has 1 heterocycles. The van der Waals surface area contributed by atoms with Crippen molar-refractivity contribution in [2.24, 2.45) is 0 Å². The number of hydrogen-bond donors (Lipinski definition) is 1. The van der Waals surface area contributed by atoms with Gasteiger partial charge >= 0.3 is 0 Å². The summed E-state index contributed by atoms with van der Waals surface area (Å²) in [6.45, 7) is -0.00817. The zero-order valence-corrected chi connectivity index (χ0v) is 15.1. The Morgan fingerprint density at radius 3 is 2.62 bits per heavy atom. The van der Waals surface area contributed by atoms with E-state index in [-0.39, 0.29) is 18.0 Å². The molecule has 2 aromatic rings. The molecule has 0 bridgehead atoms. The van der Waals surface area contributed by atoms with Crippen LogP contribution in [0.1, 0.15) is 10.4 Å². The molecule has 21 heavy (non-hydrogen) atoms. The van der Waals surface area contributed by atoms with Gasteiger partial charge in [0.2, 0.25) is 10.0 Å². The first kappa shape index (κ1) is 16.9. The topological polar surface area (TPSA) is 57.6 Å². The van der Waals surface area contributed by atoms with Gasteiger partial charge in [0, 0.05) is 23.5 Å². The molecule has 4 nitrogen and oxygen atoms in total. The van der Waals surface area contributed by atoms with Crippen molar-refractivity contribution in [2.45, 2.75) is 18.0 Å². The maximum atomic E-state index is 12.6. The summed E-state index contributed by atoms with van der Waals surface area (Å²) in [7, 11) is -2.15. The summed E-state index contributed by atoms with van der Waals surface area (Å²) in [6, 6.07) is 8.60. The lowest BCUT2D eigenvalue weighted by atomic mass is 10.2. The molecule has 1 aromatic heterocycles. The van der Waals surface area contributed by atoms with Crippen molar-refractivity contribution in [3.05, 3.63) is 49.6 Å². The van der Waals surface area contributed by atoms with Crippen molar-refractivity contribution in [3.8, 4) is 0 Å². The van der Waals surface area contributed by atoms with Gasteiger partial charge in [0.15, 0.2) is 0 Å². The van der Waals surface area contributed by atoms with Crippen LogP contribution >= 0.6 is 38.9 Å². The Hall–Kier alpha value is -0.440. The van der Waals surface area contributed by atoms with Crippen LogP contribution in [0.25, 0.3) is 0 Å².